The molecule has 0 saturated heterocycles. The molecule has 0 fully saturated rings. The molecule has 30 heavy (non-hydrogen) atoms. The van der Waals surface area contributed by atoms with E-state index < -0.39 is 21.9 Å². The lowest BCUT2D eigenvalue weighted by Crippen LogP contribution is -2.31. The zero-order valence-corrected chi connectivity index (χ0v) is 17.8. The van der Waals surface area contributed by atoms with Crippen LogP contribution in [0.1, 0.15) is 17.4 Å². The van der Waals surface area contributed by atoms with Crippen LogP contribution in [0.15, 0.2) is 24.4 Å². The van der Waals surface area contributed by atoms with Crippen LogP contribution in [0.3, 0.4) is 0 Å². The van der Waals surface area contributed by atoms with E-state index in [-0.39, 0.29) is 28.6 Å². The van der Waals surface area contributed by atoms with Crippen molar-refractivity contribution in [3.8, 4) is 0 Å². The lowest BCUT2D eigenvalue weighted by molar-refractivity contribution is 0.515. The maximum absolute atomic E-state index is 13.3. The summed E-state index contributed by atoms with van der Waals surface area (Å²) in [5, 5.41) is 12.4. The van der Waals surface area contributed by atoms with Gasteiger partial charge in [-0.25, -0.2) is 17.1 Å². The first kappa shape index (κ1) is 21.8. The van der Waals surface area contributed by atoms with Gasteiger partial charge in [-0.3, -0.25) is 10.1 Å². The molecular weight excluding hydrogens is 437 g/mol. The number of hydrogen-bond acceptors (Lipinski definition) is 9. The van der Waals surface area contributed by atoms with Crippen molar-refractivity contribution in [3.05, 3.63) is 46.9 Å². The van der Waals surface area contributed by atoms with Gasteiger partial charge in [-0.15, -0.1) is 0 Å². The fourth-order valence-electron chi connectivity index (χ4n) is 2.38. The molecule has 0 amide bonds. The first-order chi connectivity index (χ1) is 14.1. The van der Waals surface area contributed by atoms with Crippen LogP contribution in [0.4, 0.5) is 22.1 Å². The van der Waals surface area contributed by atoms with Crippen molar-refractivity contribution in [3.63, 3.8) is 0 Å². The highest BCUT2D eigenvalue weighted by Gasteiger charge is 2.25. The fourth-order valence-corrected chi connectivity index (χ4v) is 3.51. The minimum absolute atomic E-state index is 0.00911. The van der Waals surface area contributed by atoms with E-state index in [1.165, 1.54) is 26.2 Å². The summed E-state index contributed by atoms with van der Waals surface area (Å²) in [5.41, 5.74) is 1.11. The number of aryl methyl sites for hydroxylation is 1. The number of halogens is 2. The van der Waals surface area contributed by atoms with E-state index >= 15 is 0 Å². The number of anilines is 3. The minimum Gasteiger partial charge on any atom is -0.345 e. The minimum atomic E-state index is -3.64. The Bertz CT molecular complexity index is 1120. The Morgan fingerprint density at radius 2 is 1.97 bits per heavy atom. The molecule has 160 valence electrons. The molecule has 0 aromatic carbocycles. The normalized spacial score (nSPS) is 12.7. The zero-order valence-electron chi connectivity index (χ0n) is 16.3. The van der Waals surface area contributed by atoms with Crippen LogP contribution >= 0.6 is 11.6 Å². The average molecular weight is 456 g/mol. The van der Waals surface area contributed by atoms with Crippen LogP contribution in [0, 0.1) is 12.7 Å². The number of aromatic nitrogens is 6. The smallest absolute Gasteiger partial charge is 0.234 e. The molecule has 1 atom stereocenters. The highest BCUT2D eigenvalue weighted by Crippen LogP contribution is 2.21. The molecule has 3 N–H and O–H groups in total. The van der Waals surface area contributed by atoms with Crippen LogP contribution < -0.4 is 10.6 Å². The number of H-pyrrole nitrogens is 1. The molecule has 0 aliphatic heterocycles. The Labute approximate surface area is 177 Å². The second-order valence-electron chi connectivity index (χ2n) is 6.47. The van der Waals surface area contributed by atoms with Gasteiger partial charge in [0.2, 0.25) is 27.2 Å². The largest absolute Gasteiger partial charge is 0.345 e. The van der Waals surface area contributed by atoms with Crippen LogP contribution in [0.25, 0.3) is 0 Å². The highest BCUT2D eigenvalue weighted by atomic mass is 35.5. The van der Waals surface area contributed by atoms with Gasteiger partial charge >= 0.3 is 0 Å². The molecule has 0 aliphatic rings. The van der Waals surface area contributed by atoms with E-state index in [2.05, 4.69) is 40.8 Å². The molecule has 0 bridgehead atoms. The first-order valence-electron chi connectivity index (χ1n) is 8.61. The van der Waals surface area contributed by atoms with Gasteiger partial charge in [0.25, 0.3) is 0 Å². The summed E-state index contributed by atoms with van der Waals surface area (Å²) in [6.07, 6.45) is 1.000. The molecule has 3 rings (SSSR count). The summed E-state index contributed by atoms with van der Waals surface area (Å²) in [6, 6.07) is 3.43. The second-order valence-corrected chi connectivity index (χ2v) is 9.04. The Morgan fingerprint density at radius 3 is 2.57 bits per heavy atom. The quantitative estimate of drug-likeness (QED) is 0.464. The van der Waals surface area contributed by atoms with Crippen LogP contribution in [-0.4, -0.2) is 62.7 Å². The lowest BCUT2D eigenvalue weighted by atomic mass is 10.2. The zero-order chi connectivity index (χ0) is 21.9. The Kier molecular flexibility index (Phi) is 6.43. The maximum atomic E-state index is 13.3. The van der Waals surface area contributed by atoms with Crippen molar-refractivity contribution < 1.29 is 12.8 Å². The number of hydrogen-bond donors (Lipinski definition) is 3. The maximum Gasteiger partial charge on any atom is 0.234 e. The summed E-state index contributed by atoms with van der Waals surface area (Å²) in [7, 11) is -0.809. The molecule has 14 heteroatoms. The Balaban J connectivity index is 1.90. The summed E-state index contributed by atoms with van der Waals surface area (Å²) in [5.74, 6) is -0.340. The number of sulfonamides is 1. The summed E-state index contributed by atoms with van der Waals surface area (Å²) in [4.78, 5) is 16.2. The average Bonchev–Trinajstić information content (AvgIpc) is 3.05. The number of nitrogens with zero attached hydrogens (tertiary/aromatic N) is 6. The number of aromatic amines is 1. The summed E-state index contributed by atoms with van der Waals surface area (Å²) >= 11 is 5.99. The highest BCUT2D eigenvalue weighted by molar-refractivity contribution is 7.89. The van der Waals surface area contributed by atoms with Gasteiger partial charge in [0, 0.05) is 25.9 Å². The predicted molar refractivity (Wildman–Crippen MR) is 109 cm³/mol. The Morgan fingerprint density at radius 1 is 1.23 bits per heavy atom. The van der Waals surface area contributed by atoms with E-state index in [4.69, 9.17) is 11.6 Å². The van der Waals surface area contributed by atoms with E-state index in [1.807, 2.05) is 6.92 Å². The molecule has 0 spiro atoms. The number of pyridine rings is 1. The number of rotatable bonds is 8. The molecule has 0 radical (unpaired) electrons. The van der Waals surface area contributed by atoms with Crippen LogP contribution in [0.5, 0.6) is 0 Å². The third kappa shape index (κ3) is 5.58. The van der Waals surface area contributed by atoms with Crippen LogP contribution in [-0.2, 0) is 10.0 Å². The van der Waals surface area contributed by atoms with E-state index in [0.717, 1.165) is 16.2 Å². The molecule has 11 nitrogen and oxygen atoms in total. The standard InChI is InChI=1S/C16H19ClFN9O2S/c1-9-6-13(26-25-9)21-16-23-14(17)22-15(24-16)20-12(8-30(28,29)27(2)3)11-5-4-10(18)7-19-11/h4-7,12H,8H2,1-3H3,(H3,20,21,22,23,24,25,26). The van der Waals surface area contributed by atoms with Gasteiger partial charge in [0.1, 0.15) is 5.82 Å². The predicted octanol–water partition coefficient (Wildman–Crippen LogP) is 1.88. The lowest BCUT2D eigenvalue weighted by Gasteiger charge is -2.21. The van der Waals surface area contributed by atoms with Gasteiger partial charge in [-0.2, -0.15) is 20.1 Å². The topological polar surface area (TPSA) is 142 Å². The number of nitrogens with one attached hydrogen (secondary N) is 3. The fraction of sp³-hybridized carbons (Fsp3) is 0.312. The van der Waals surface area contributed by atoms with E-state index in [0.29, 0.717) is 5.82 Å². The Hall–Kier alpha value is -2.90. The van der Waals surface area contributed by atoms with Crippen molar-refractivity contribution in [2.75, 3.05) is 30.5 Å². The van der Waals surface area contributed by atoms with Gasteiger partial charge in [0.15, 0.2) is 5.82 Å². The monoisotopic (exact) mass is 455 g/mol. The molecule has 3 aromatic rings. The van der Waals surface area contributed by atoms with E-state index in [1.54, 1.807) is 6.07 Å². The van der Waals surface area contributed by atoms with E-state index in [9.17, 15) is 12.8 Å². The van der Waals surface area contributed by atoms with Crippen molar-refractivity contribution in [1.29, 1.82) is 0 Å². The summed E-state index contributed by atoms with van der Waals surface area (Å²) in [6.45, 7) is 1.83. The summed E-state index contributed by atoms with van der Waals surface area (Å²) < 4.78 is 39.2. The second kappa shape index (κ2) is 8.85. The SMILES string of the molecule is Cc1cc(Nc2nc(Cl)nc(NC(CS(=O)(=O)N(C)C)c3ccc(F)cn3)n2)n[nH]1. The molecule has 0 saturated carbocycles. The molecule has 1 unspecified atom stereocenters. The van der Waals surface area contributed by atoms with Crippen molar-refractivity contribution in [2.24, 2.45) is 0 Å². The van der Waals surface area contributed by atoms with Crippen molar-refractivity contribution in [2.45, 2.75) is 13.0 Å². The molecular formula is C16H19ClFN9O2S. The van der Waals surface area contributed by atoms with Crippen molar-refractivity contribution in [1.82, 2.24) is 34.4 Å². The van der Waals surface area contributed by atoms with Crippen LogP contribution in [0.2, 0.25) is 5.28 Å². The van der Waals surface area contributed by atoms with Gasteiger partial charge < -0.3 is 10.6 Å². The van der Waals surface area contributed by atoms with Gasteiger partial charge in [-0.1, -0.05) is 0 Å². The third-order valence-corrected chi connectivity index (χ3v) is 5.93. The molecule has 3 aromatic heterocycles. The molecule has 0 aliphatic carbocycles. The van der Waals surface area contributed by atoms with Gasteiger partial charge in [-0.05, 0) is 30.7 Å². The molecule has 3 heterocycles. The first-order valence-corrected chi connectivity index (χ1v) is 10.6. The van der Waals surface area contributed by atoms with Gasteiger partial charge in [0.05, 0.1) is 23.7 Å². The third-order valence-electron chi connectivity index (χ3n) is 3.90. The van der Waals surface area contributed by atoms with Crippen molar-refractivity contribution >= 4 is 39.3 Å².